The van der Waals surface area contributed by atoms with E-state index < -0.39 is 0 Å². The lowest BCUT2D eigenvalue weighted by Gasteiger charge is -2.19. The first-order valence-corrected chi connectivity index (χ1v) is 7.70. The molecule has 0 fully saturated rings. The number of rotatable bonds is 9. The fourth-order valence-electron chi connectivity index (χ4n) is 1.93. The Kier molecular flexibility index (Phi) is 7.47. The molecule has 2 atom stereocenters. The van der Waals surface area contributed by atoms with E-state index >= 15 is 0 Å². The first-order valence-electron chi connectivity index (χ1n) is 6.82. The quantitative estimate of drug-likeness (QED) is 0.748. The Morgan fingerprint density at radius 1 is 1.44 bits per heavy atom. The number of aromatic nitrogens is 1. The number of aryl methyl sites for hydroxylation is 1. The van der Waals surface area contributed by atoms with Crippen molar-refractivity contribution < 1.29 is 4.74 Å². The van der Waals surface area contributed by atoms with Crippen LogP contribution in [-0.2, 0) is 11.2 Å². The van der Waals surface area contributed by atoms with E-state index in [2.05, 4.69) is 36.5 Å². The summed E-state index contributed by atoms with van der Waals surface area (Å²) in [5, 5.41) is 6.95. The molecule has 0 aliphatic carbocycles. The van der Waals surface area contributed by atoms with Crippen molar-refractivity contribution in [1.29, 1.82) is 0 Å². The molecule has 0 saturated heterocycles. The fraction of sp³-hybridized carbons (Fsp3) is 0.786. The van der Waals surface area contributed by atoms with Crippen LogP contribution in [0, 0.1) is 6.92 Å². The summed E-state index contributed by atoms with van der Waals surface area (Å²) in [5.74, 6) is 0. The average molecular weight is 270 g/mol. The predicted molar refractivity (Wildman–Crippen MR) is 78.3 cm³/mol. The Balaban J connectivity index is 2.44. The van der Waals surface area contributed by atoms with Gasteiger partial charge in [-0.25, -0.2) is 4.98 Å². The van der Waals surface area contributed by atoms with E-state index in [1.807, 2.05) is 0 Å². The highest BCUT2D eigenvalue weighted by Gasteiger charge is 2.12. The fourth-order valence-corrected chi connectivity index (χ4v) is 2.56. The zero-order valence-electron chi connectivity index (χ0n) is 12.0. The number of hydrogen-bond donors (Lipinski definition) is 1. The lowest BCUT2D eigenvalue weighted by atomic mass is 10.0. The van der Waals surface area contributed by atoms with Crippen LogP contribution in [0.2, 0.25) is 0 Å². The van der Waals surface area contributed by atoms with Crippen LogP contribution < -0.4 is 5.32 Å². The summed E-state index contributed by atoms with van der Waals surface area (Å²) in [6.07, 6.45) is 4.79. The van der Waals surface area contributed by atoms with Crippen LogP contribution in [0.5, 0.6) is 0 Å². The zero-order valence-corrected chi connectivity index (χ0v) is 12.8. The number of nitrogens with one attached hydrogen (secondary N) is 1. The first-order chi connectivity index (χ1) is 8.65. The van der Waals surface area contributed by atoms with Gasteiger partial charge in [-0.1, -0.05) is 6.92 Å². The number of hydrogen-bond acceptors (Lipinski definition) is 4. The van der Waals surface area contributed by atoms with Crippen molar-refractivity contribution in [2.24, 2.45) is 0 Å². The van der Waals surface area contributed by atoms with E-state index in [9.17, 15) is 0 Å². The second-order valence-electron chi connectivity index (χ2n) is 4.84. The molecule has 1 N–H and O–H groups in total. The minimum Gasteiger partial charge on any atom is -0.382 e. The normalized spacial score (nSPS) is 14.7. The topological polar surface area (TPSA) is 34.1 Å². The molecule has 1 rings (SSSR count). The Hall–Kier alpha value is -0.450. The Bertz CT molecular complexity index is 327. The van der Waals surface area contributed by atoms with Crippen LogP contribution in [0.15, 0.2) is 5.38 Å². The predicted octanol–water partition coefficient (Wildman–Crippen LogP) is 3.18. The maximum Gasteiger partial charge on any atom is 0.0897 e. The minimum absolute atomic E-state index is 0.341. The molecule has 0 radical (unpaired) electrons. The Morgan fingerprint density at radius 2 is 2.22 bits per heavy atom. The van der Waals surface area contributed by atoms with Gasteiger partial charge >= 0.3 is 0 Å². The third-order valence-corrected chi connectivity index (χ3v) is 3.95. The molecule has 4 heteroatoms. The molecule has 18 heavy (non-hydrogen) atoms. The van der Waals surface area contributed by atoms with Crippen LogP contribution in [0.1, 0.15) is 43.8 Å². The third-order valence-electron chi connectivity index (χ3n) is 3.13. The molecule has 0 spiro atoms. The number of methoxy groups -OCH3 is 1. The van der Waals surface area contributed by atoms with E-state index in [4.69, 9.17) is 4.74 Å². The summed E-state index contributed by atoms with van der Waals surface area (Å²) in [4.78, 5) is 4.55. The average Bonchev–Trinajstić information content (AvgIpc) is 2.77. The van der Waals surface area contributed by atoms with Gasteiger partial charge in [0.15, 0.2) is 0 Å². The summed E-state index contributed by atoms with van der Waals surface area (Å²) < 4.78 is 5.32. The van der Waals surface area contributed by atoms with Crippen LogP contribution in [-0.4, -0.2) is 30.8 Å². The minimum atomic E-state index is 0.341. The molecule has 2 unspecified atom stereocenters. The SMILES string of the molecule is CCCNC(CCC(C)OC)Cc1csc(C)n1. The maximum absolute atomic E-state index is 5.32. The summed E-state index contributed by atoms with van der Waals surface area (Å²) >= 11 is 1.74. The highest BCUT2D eigenvalue weighted by Crippen LogP contribution is 2.13. The molecule has 0 aliphatic rings. The molecule has 3 nitrogen and oxygen atoms in total. The molecule has 0 saturated carbocycles. The van der Waals surface area contributed by atoms with Gasteiger partial charge in [0.1, 0.15) is 0 Å². The van der Waals surface area contributed by atoms with Gasteiger partial charge in [-0.2, -0.15) is 0 Å². The highest BCUT2D eigenvalue weighted by molar-refractivity contribution is 7.09. The Morgan fingerprint density at radius 3 is 2.78 bits per heavy atom. The smallest absolute Gasteiger partial charge is 0.0897 e. The molecule has 0 amide bonds. The molecule has 0 bridgehead atoms. The summed E-state index contributed by atoms with van der Waals surface area (Å²) in [7, 11) is 1.78. The first kappa shape index (κ1) is 15.6. The van der Waals surface area contributed by atoms with Gasteiger partial charge in [0.2, 0.25) is 0 Å². The van der Waals surface area contributed by atoms with Crippen LogP contribution in [0.3, 0.4) is 0 Å². The molecule has 1 aromatic rings. The highest BCUT2D eigenvalue weighted by atomic mass is 32.1. The standard InChI is InChI=1S/C14H26N2OS/c1-5-8-15-13(7-6-11(2)17-4)9-14-10-18-12(3)16-14/h10-11,13,15H,5-9H2,1-4H3. The third kappa shape index (κ3) is 5.94. The second-order valence-corrected chi connectivity index (χ2v) is 5.90. The summed E-state index contributed by atoms with van der Waals surface area (Å²) in [6.45, 7) is 7.48. The van der Waals surface area contributed by atoms with Gasteiger partial charge in [0.05, 0.1) is 16.8 Å². The van der Waals surface area contributed by atoms with E-state index in [0.717, 1.165) is 30.8 Å². The van der Waals surface area contributed by atoms with Crippen LogP contribution in [0.4, 0.5) is 0 Å². The zero-order chi connectivity index (χ0) is 13.4. The molecule has 0 aliphatic heterocycles. The lowest BCUT2D eigenvalue weighted by molar-refractivity contribution is 0.106. The molecule has 1 aromatic heterocycles. The van der Waals surface area contributed by atoms with E-state index in [0.29, 0.717) is 12.1 Å². The van der Waals surface area contributed by atoms with Gasteiger partial charge < -0.3 is 10.1 Å². The molecule has 0 aromatic carbocycles. The van der Waals surface area contributed by atoms with Crippen molar-refractivity contribution in [3.05, 3.63) is 16.1 Å². The number of thiazole rings is 1. The van der Waals surface area contributed by atoms with Crippen LogP contribution >= 0.6 is 11.3 Å². The molecule has 104 valence electrons. The van der Waals surface area contributed by atoms with Crippen molar-refractivity contribution in [2.75, 3.05) is 13.7 Å². The van der Waals surface area contributed by atoms with Gasteiger partial charge in [-0.05, 0) is 39.7 Å². The van der Waals surface area contributed by atoms with Gasteiger partial charge in [0, 0.05) is 25.0 Å². The second kappa shape index (κ2) is 8.62. The molecule has 1 heterocycles. The maximum atomic E-state index is 5.32. The van der Waals surface area contributed by atoms with Gasteiger partial charge in [-0.15, -0.1) is 11.3 Å². The van der Waals surface area contributed by atoms with Gasteiger partial charge in [0.25, 0.3) is 0 Å². The Labute approximate surface area is 115 Å². The van der Waals surface area contributed by atoms with Crippen molar-refractivity contribution in [1.82, 2.24) is 10.3 Å². The van der Waals surface area contributed by atoms with E-state index in [-0.39, 0.29) is 0 Å². The van der Waals surface area contributed by atoms with E-state index in [1.54, 1.807) is 18.4 Å². The number of ether oxygens (including phenoxy) is 1. The van der Waals surface area contributed by atoms with Gasteiger partial charge in [-0.3, -0.25) is 0 Å². The van der Waals surface area contributed by atoms with Crippen molar-refractivity contribution >= 4 is 11.3 Å². The largest absolute Gasteiger partial charge is 0.382 e. The molecular weight excluding hydrogens is 244 g/mol. The lowest BCUT2D eigenvalue weighted by Crippen LogP contribution is -2.32. The monoisotopic (exact) mass is 270 g/mol. The van der Waals surface area contributed by atoms with Crippen molar-refractivity contribution in [2.45, 2.75) is 58.6 Å². The number of nitrogens with zero attached hydrogens (tertiary/aromatic N) is 1. The molecular formula is C14H26N2OS. The van der Waals surface area contributed by atoms with Crippen molar-refractivity contribution in [3.63, 3.8) is 0 Å². The van der Waals surface area contributed by atoms with E-state index in [1.165, 1.54) is 12.1 Å². The van der Waals surface area contributed by atoms with Crippen molar-refractivity contribution in [3.8, 4) is 0 Å². The van der Waals surface area contributed by atoms with Crippen LogP contribution in [0.25, 0.3) is 0 Å². The summed E-state index contributed by atoms with van der Waals surface area (Å²) in [6, 6.07) is 0.518. The summed E-state index contributed by atoms with van der Waals surface area (Å²) in [5.41, 5.74) is 1.22.